The van der Waals surface area contributed by atoms with Crippen LogP contribution in [0.4, 0.5) is 0 Å². The number of carboxylic acid groups (broad SMARTS) is 1. The highest BCUT2D eigenvalue weighted by atomic mass is 16.4. The number of hydrogen-bond acceptors (Lipinski definition) is 1. The fourth-order valence-electron chi connectivity index (χ4n) is 1.60. The molecule has 1 N–H and O–H groups in total. The van der Waals surface area contributed by atoms with Crippen LogP contribution in [0.5, 0.6) is 0 Å². The molecule has 0 bridgehead atoms. The zero-order valence-corrected chi connectivity index (χ0v) is 8.94. The second-order valence-electron chi connectivity index (χ2n) is 4.02. The molecule has 0 spiro atoms. The first-order valence-electron chi connectivity index (χ1n) is 4.97. The lowest BCUT2D eigenvalue weighted by Crippen LogP contribution is -2.29. The maximum Gasteiger partial charge on any atom is 0.310 e. The largest absolute Gasteiger partial charge is 0.481 e. The molecule has 80 valence electrons. The van der Waals surface area contributed by atoms with Crippen LogP contribution in [0, 0.1) is 5.41 Å². The van der Waals surface area contributed by atoms with Crippen LogP contribution in [-0.2, 0) is 11.2 Å². The van der Waals surface area contributed by atoms with Gasteiger partial charge in [-0.15, -0.1) is 6.58 Å². The van der Waals surface area contributed by atoms with Crippen LogP contribution >= 0.6 is 0 Å². The molecule has 0 heterocycles. The summed E-state index contributed by atoms with van der Waals surface area (Å²) >= 11 is 0. The molecular formula is C13H16O2. The summed E-state index contributed by atoms with van der Waals surface area (Å²) < 4.78 is 0. The number of benzene rings is 1. The van der Waals surface area contributed by atoms with Crippen molar-refractivity contribution in [3.05, 3.63) is 48.6 Å². The number of hydrogen-bond donors (Lipinski definition) is 1. The Morgan fingerprint density at radius 2 is 2.07 bits per heavy atom. The van der Waals surface area contributed by atoms with E-state index in [0.717, 1.165) is 5.56 Å². The molecule has 1 aromatic carbocycles. The Balaban J connectivity index is 2.84. The van der Waals surface area contributed by atoms with E-state index in [1.165, 1.54) is 0 Å². The molecule has 0 saturated carbocycles. The van der Waals surface area contributed by atoms with E-state index in [2.05, 4.69) is 6.58 Å². The zero-order chi connectivity index (χ0) is 11.3. The van der Waals surface area contributed by atoms with Crippen LogP contribution in [0.2, 0.25) is 0 Å². The minimum absolute atomic E-state index is 0.483. The Morgan fingerprint density at radius 1 is 1.47 bits per heavy atom. The van der Waals surface area contributed by atoms with Crippen LogP contribution in [-0.4, -0.2) is 11.1 Å². The topological polar surface area (TPSA) is 37.3 Å². The predicted octanol–water partition coefficient (Wildman–Crippen LogP) is 2.90. The molecule has 0 saturated heterocycles. The third-order valence-corrected chi connectivity index (χ3v) is 2.55. The molecule has 1 rings (SSSR count). The molecule has 0 amide bonds. The highest BCUT2D eigenvalue weighted by Gasteiger charge is 2.31. The molecule has 0 fully saturated rings. The molecule has 1 atom stereocenters. The van der Waals surface area contributed by atoms with E-state index in [9.17, 15) is 9.90 Å². The Hall–Kier alpha value is -1.57. The zero-order valence-electron chi connectivity index (χ0n) is 8.94. The summed E-state index contributed by atoms with van der Waals surface area (Å²) in [5.74, 6) is -0.772. The van der Waals surface area contributed by atoms with Crippen LogP contribution in [0.25, 0.3) is 0 Å². The molecule has 1 aromatic rings. The van der Waals surface area contributed by atoms with E-state index in [1.807, 2.05) is 30.3 Å². The minimum atomic E-state index is -0.772. The van der Waals surface area contributed by atoms with Crippen molar-refractivity contribution in [1.29, 1.82) is 0 Å². The van der Waals surface area contributed by atoms with Crippen molar-refractivity contribution in [2.45, 2.75) is 19.8 Å². The summed E-state index contributed by atoms with van der Waals surface area (Å²) in [6, 6.07) is 9.67. The van der Waals surface area contributed by atoms with Gasteiger partial charge in [-0.25, -0.2) is 0 Å². The van der Waals surface area contributed by atoms with Crippen LogP contribution in [0.1, 0.15) is 18.9 Å². The predicted molar refractivity (Wildman–Crippen MR) is 60.7 cm³/mol. The van der Waals surface area contributed by atoms with E-state index < -0.39 is 11.4 Å². The first-order chi connectivity index (χ1) is 7.08. The van der Waals surface area contributed by atoms with Gasteiger partial charge >= 0.3 is 5.97 Å². The molecule has 0 radical (unpaired) electrons. The van der Waals surface area contributed by atoms with Gasteiger partial charge in [-0.05, 0) is 25.3 Å². The SMILES string of the molecule is C=CC[C@](C)(Cc1ccccc1)C(=O)O. The standard InChI is InChI=1S/C13H16O2/c1-3-9-13(2,12(14)15)10-11-7-5-4-6-8-11/h3-8H,1,9-10H2,2H3,(H,14,15)/t13-/m1/s1. The lowest BCUT2D eigenvalue weighted by atomic mass is 9.81. The summed E-state index contributed by atoms with van der Waals surface area (Å²) in [5, 5.41) is 9.18. The van der Waals surface area contributed by atoms with Crippen molar-refractivity contribution in [2.75, 3.05) is 0 Å². The van der Waals surface area contributed by atoms with Gasteiger partial charge in [-0.2, -0.15) is 0 Å². The smallest absolute Gasteiger partial charge is 0.310 e. The maximum atomic E-state index is 11.2. The van der Waals surface area contributed by atoms with Gasteiger partial charge in [0.25, 0.3) is 0 Å². The van der Waals surface area contributed by atoms with E-state index in [1.54, 1.807) is 13.0 Å². The molecule has 0 aromatic heterocycles. The average molecular weight is 204 g/mol. The van der Waals surface area contributed by atoms with E-state index >= 15 is 0 Å². The molecule has 0 aliphatic heterocycles. The number of allylic oxidation sites excluding steroid dienone is 1. The van der Waals surface area contributed by atoms with Crippen molar-refractivity contribution < 1.29 is 9.90 Å². The number of carboxylic acids is 1. The summed E-state index contributed by atoms with van der Waals surface area (Å²) in [7, 11) is 0. The van der Waals surface area contributed by atoms with Gasteiger partial charge in [0.2, 0.25) is 0 Å². The minimum Gasteiger partial charge on any atom is -0.481 e. The Labute approximate surface area is 90.3 Å². The van der Waals surface area contributed by atoms with Crippen molar-refractivity contribution in [1.82, 2.24) is 0 Å². The highest BCUT2D eigenvalue weighted by Crippen LogP contribution is 2.27. The Bertz CT molecular complexity index is 343. The summed E-state index contributed by atoms with van der Waals surface area (Å²) in [6.07, 6.45) is 2.68. The lowest BCUT2D eigenvalue weighted by molar-refractivity contribution is -0.147. The first kappa shape index (κ1) is 11.5. The third-order valence-electron chi connectivity index (χ3n) is 2.55. The summed E-state index contributed by atoms with van der Waals surface area (Å²) in [6.45, 7) is 5.36. The number of rotatable bonds is 5. The normalized spacial score (nSPS) is 14.2. The van der Waals surface area contributed by atoms with Gasteiger partial charge in [0, 0.05) is 0 Å². The van der Waals surface area contributed by atoms with Crippen molar-refractivity contribution in [3.63, 3.8) is 0 Å². The van der Waals surface area contributed by atoms with Crippen molar-refractivity contribution >= 4 is 5.97 Å². The van der Waals surface area contributed by atoms with E-state index in [4.69, 9.17) is 0 Å². The number of aliphatic carboxylic acids is 1. The van der Waals surface area contributed by atoms with Gasteiger partial charge in [0.15, 0.2) is 0 Å². The van der Waals surface area contributed by atoms with Crippen molar-refractivity contribution in [3.8, 4) is 0 Å². The second kappa shape index (κ2) is 4.78. The maximum absolute atomic E-state index is 11.2. The van der Waals surface area contributed by atoms with Gasteiger partial charge in [-0.3, -0.25) is 4.79 Å². The van der Waals surface area contributed by atoms with E-state index in [0.29, 0.717) is 12.8 Å². The molecule has 0 aliphatic carbocycles. The number of carbonyl (C=O) groups is 1. The monoisotopic (exact) mass is 204 g/mol. The fraction of sp³-hybridized carbons (Fsp3) is 0.308. The Morgan fingerprint density at radius 3 is 2.53 bits per heavy atom. The third kappa shape index (κ3) is 2.94. The highest BCUT2D eigenvalue weighted by molar-refractivity contribution is 5.74. The van der Waals surface area contributed by atoms with Gasteiger partial charge in [0.1, 0.15) is 0 Å². The molecule has 2 nitrogen and oxygen atoms in total. The van der Waals surface area contributed by atoms with Crippen LogP contribution in [0.15, 0.2) is 43.0 Å². The molecule has 0 unspecified atom stereocenters. The second-order valence-corrected chi connectivity index (χ2v) is 4.02. The Kier molecular flexibility index (Phi) is 3.67. The lowest BCUT2D eigenvalue weighted by Gasteiger charge is -2.23. The van der Waals surface area contributed by atoms with Gasteiger partial charge in [-0.1, -0.05) is 36.4 Å². The average Bonchev–Trinajstić information content (AvgIpc) is 2.19. The van der Waals surface area contributed by atoms with E-state index in [-0.39, 0.29) is 0 Å². The van der Waals surface area contributed by atoms with Gasteiger partial charge in [0.05, 0.1) is 5.41 Å². The summed E-state index contributed by atoms with van der Waals surface area (Å²) in [4.78, 5) is 11.2. The molecule has 2 heteroatoms. The van der Waals surface area contributed by atoms with Crippen LogP contribution < -0.4 is 0 Å². The fourth-order valence-corrected chi connectivity index (χ4v) is 1.60. The quantitative estimate of drug-likeness (QED) is 0.749. The van der Waals surface area contributed by atoms with Crippen molar-refractivity contribution in [2.24, 2.45) is 5.41 Å². The molecule has 15 heavy (non-hydrogen) atoms. The van der Waals surface area contributed by atoms with Crippen LogP contribution in [0.3, 0.4) is 0 Å². The first-order valence-corrected chi connectivity index (χ1v) is 4.97. The summed E-state index contributed by atoms with van der Waals surface area (Å²) in [5.41, 5.74) is 0.299. The molecule has 0 aliphatic rings. The molecular weight excluding hydrogens is 188 g/mol. The van der Waals surface area contributed by atoms with Gasteiger partial charge < -0.3 is 5.11 Å².